The zero-order chi connectivity index (χ0) is 18.1. The minimum Gasteiger partial charge on any atom is -0.497 e. The lowest BCUT2D eigenvalue weighted by Gasteiger charge is -2.15. The number of fused-ring (bicyclic) bond motifs is 1. The SMILES string of the molecule is CCn1cncc1-c1nc2c([nH]1)CC(c1cccc(OC)c1)CNC2=O. The average Bonchev–Trinajstić information content (AvgIpc) is 3.28. The number of amides is 1. The number of aromatic nitrogens is 4. The molecule has 0 spiro atoms. The number of carbonyl (C=O) groups is 1. The number of aromatic amines is 1. The van der Waals surface area contributed by atoms with Gasteiger partial charge in [0.15, 0.2) is 5.82 Å². The topological polar surface area (TPSA) is 84.8 Å². The number of methoxy groups -OCH3 is 1. The van der Waals surface area contributed by atoms with Gasteiger partial charge in [0.1, 0.15) is 17.1 Å². The van der Waals surface area contributed by atoms with Crippen LogP contribution in [0.4, 0.5) is 0 Å². The van der Waals surface area contributed by atoms with E-state index < -0.39 is 0 Å². The first kappa shape index (κ1) is 16.4. The summed E-state index contributed by atoms with van der Waals surface area (Å²) in [4.78, 5) is 24.6. The summed E-state index contributed by atoms with van der Waals surface area (Å²) >= 11 is 0. The molecule has 2 N–H and O–H groups in total. The minimum atomic E-state index is -0.143. The van der Waals surface area contributed by atoms with Crippen molar-refractivity contribution in [3.8, 4) is 17.3 Å². The first-order valence-corrected chi connectivity index (χ1v) is 8.71. The van der Waals surface area contributed by atoms with Crippen molar-refractivity contribution in [2.24, 2.45) is 0 Å². The largest absolute Gasteiger partial charge is 0.497 e. The van der Waals surface area contributed by atoms with Crippen LogP contribution >= 0.6 is 0 Å². The minimum absolute atomic E-state index is 0.143. The van der Waals surface area contributed by atoms with Crippen molar-refractivity contribution in [1.82, 2.24) is 24.8 Å². The first-order chi connectivity index (χ1) is 12.7. The Kier molecular flexibility index (Phi) is 4.20. The molecule has 0 bridgehead atoms. The predicted molar refractivity (Wildman–Crippen MR) is 97.3 cm³/mol. The molecule has 134 valence electrons. The van der Waals surface area contributed by atoms with Crippen LogP contribution < -0.4 is 10.1 Å². The van der Waals surface area contributed by atoms with Gasteiger partial charge < -0.3 is 19.6 Å². The zero-order valence-corrected chi connectivity index (χ0v) is 14.8. The van der Waals surface area contributed by atoms with Gasteiger partial charge in [-0.05, 0) is 31.0 Å². The molecule has 0 radical (unpaired) electrons. The molecule has 7 nitrogen and oxygen atoms in total. The van der Waals surface area contributed by atoms with Crippen molar-refractivity contribution in [2.45, 2.75) is 25.8 Å². The van der Waals surface area contributed by atoms with Crippen molar-refractivity contribution in [3.05, 3.63) is 53.7 Å². The third kappa shape index (κ3) is 2.85. The number of hydrogen-bond acceptors (Lipinski definition) is 4. The molecule has 3 heterocycles. The second-order valence-corrected chi connectivity index (χ2v) is 6.37. The molecule has 1 aromatic carbocycles. The monoisotopic (exact) mass is 351 g/mol. The van der Waals surface area contributed by atoms with Crippen LogP contribution in [0.1, 0.15) is 34.6 Å². The molecule has 1 aliphatic heterocycles. The molecule has 0 saturated carbocycles. The van der Waals surface area contributed by atoms with Crippen LogP contribution in [0, 0.1) is 0 Å². The molecule has 1 aliphatic rings. The normalized spacial score (nSPS) is 16.7. The van der Waals surface area contributed by atoms with Gasteiger partial charge in [0.25, 0.3) is 5.91 Å². The highest BCUT2D eigenvalue weighted by Crippen LogP contribution is 2.28. The van der Waals surface area contributed by atoms with Crippen molar-refractivity contribution in [1.29, 1.82) is 0 Å². The quantitative estimate of drug-likeness (QED) is 0.756. The highest BCUT2D eigenvalue weighted by atomic mass is 16.5. The fraction of sp³-hybridized carbons (Fsp3) is 0.316. The molecule has 1 unspecified atom stereocenters. The number of H-pyrrole nitrogens is 1. The van der Waals surface area contributed by atoms with E-state index in [4.69, 9.17) is 4.74 Å². The number of aryl methyl sites for hydroxylation is 1. The van der Waals surface area contributed by atoms with E-state index in [0.29, 0.717) is 24.5 Å². The summed E-state index contributed by atoms with van der Waals surface area (Å²) < 4.78 is 7.32. The summed E-state index contributed by atoms with van der Waals surface area (Å²) in [6, 6.07) is 7.98. The zero-order valence-electron chi connectivity index (χ0n) is 14.8. The maximum Gasteiger partial charge on any atom is 0.271 e. The van der Waals surface area contributed by atoms with Crippen LogP contribution in [-0.4, -0.2) is 39.1 Å². The Bertz CT molecular complexity index is 943. The number of carbonyl (C=O) groups excluding carboxylic acids is 1. The Labute approximate surface area is 151 Å². The number of rotatable bonds is 4. The van der Waals surface area contributed by atoms with Gasteiger partial charge in [-0.25, -0.2) is 9.97 Å². The lowest BCUT2D eigenvalue weighted by Crippen LogP contribution is -2.26. The van der Waals surface area contributed by atoms with E-state index in [0.717, 1.165) is 29.2 Å². The van der Waals surface area contributed by atoms with Gasteiger partial charge in [-0.2, -0.15) is 0 Å². The molecule has 1 atom stereocenters. The number of ether oxygens (including phenoxy) is 1. The Balaban J connectivity index is 1.69. The maximum absolute atomic E-state index is 12.5. The fourth-order valence-corrected chi connectivity index (χ4v) is 3.39. The van der Waals surface area contributed by atoms with Crippen molar-refractivity contribution < 1.29 is 9.53 Å². The van der Waals surface area contributed by atoms with Crippen molar-refractivity contribution >= 4 is 5.91 Å². The van der Waals surface area contributed by atoms with Crippen LogP contribution in [0.15, 0.2) is 36.8 Å². The molecular weight excluding hydrogens is 330 g/mol. The number of nitrogens with zero attached hydrogens (tertiary/aromatic N) is 3. The lowest BCUT2D eigenvalue weighted by molar-refractivity contribution is 0.0950. The molecule has 26 heavy (non-hydrogen) atoms. The van der Waals surface area contributed by atoms with Crippen LogP contribution in [0.5, 0.6) is 5.75 Å². The second kappa shape index (κ2) is 6.67. The van der Waals surface area contributed by atoms with Crippen LogP contribution in [0.3, 0.4) is 0 Å². The van der Waals surface area contributed by atoms with Gasteiger partial charge >= 0.3 is 0 Å². The summed E-state index contributed by atoms with van der Waals surface area (Å²) in [5.74, 6) is 1.50. The summed E-state index contributed by atoms with van der Waals surface area (Å²) in [5.41, 5.74) is 3.33. The molecule has 7 heteroatoms. The number of hydrogen-bond donors (Lipinski definition) is 2. The standard InChI is InChI=1S/C19H21N5O2/c1-3-24-11-20-10-16(24)18-22-15-8-13(9-21-19(25)17(15)23-18)12-5-4-6-14(7-12)26-2/h4-7,10-11,13H,3,8-9H2,1-2H3,(H,21,25)(H,22,23). The van der Waals surface area contributed by atoms with Crippen LogP contribution in [0.25, 0.3) is 11.5 Å². The van der Waals surface area contributed by atoms with E-state index in [2.05, 4.69) is 26.3 Å². The highest BCUT2D eigenvalue weighted by Gasteiger charge is 2.27. The predicted octanol–water partition coefficient (Wildman–Crippen LogP) is 2.37. The van der Waals surface area contributed by atoms with E-state index in [9.17, 15) is 4.79 Å². The maximum atomic E-state index is 12.5. The third-order valence-corrected chi connectivity index (χ3v) is 4.81. The molecule has 4 rings (SSSR count). The van der Waals surface area contributed by atoms with Crippen LogP contribution in [0.2, 0.25) is 0 Å². The van der Waals surface area contributed by atoms with Crippen LogP contribution in [-0.2, 0) is 13.0 Å². The molecule has 3 aromatic rings. The molecular formula is C19H21N5O2. The highest BCUT2D eigenvalue weighted by molar-refractivity contribution is 5.94. The van der Waals surface area contributed by atoms with Gasteiger partial charge in [-0.15, -0.1) is 0 Å². The summed E-state index contributed by atoms with van der Waals surface area (Å²) in [7, 11) is 1.66. The summed E-state index contributed by atoms with van der Waals surface area (Å²) in [6.07, 6.45) is 4.23. The van der Waals surface area contributed by atoms with Gasteiger partial charge in [-0.3, -0.25) is 4.79 Å². The van der Waals surface area contributed by atoms with Gasteiger partial charge in [0.2, 0.25) is 0 Å². The van der Waals surface area contributed by atoms with E-state index >= 15 is 0 Å². The Hall–Kier alpha value is -3.09. The number of benzene rings is 1. The van der Waals surface area contributed by atoms with Gasteiger partial charge in [-0.1, -0.05) is 12.1 Å². The lowest BCUT2D eigenvalue weighted by atomic mass is 9.94. The fourth-order valence-electron chi connectivity index (χ4n) is 3.39. The molecule has 2 aromatic heterocycles. The van der Waals surface area contributed by atoms with E-state index in [-0.39, 0.29) is 11.8 Å². The smallest absolute Gasteiger partial charge is 0.271 e. The molecule has 0 fully saturated rings. The second-order valence-electron chi connectivity index (χ2n) is 6.37. The van der Waals surface area contributed by atoms with E-state index in [1.54, 1.807) is 19.6 Å². The summed E-state index contributed by atoms with van der Waals surface area (Å²) in [5, 5.41) is 2.99. The first-order valence-electron chi connectivity index (χ1n) is 8.71. The Morgan fingerprint density at radius 2 is 2.27 bits per heavy atom. The molecule has 1 amide bonds. The average molecular weight is 351 g/mol. The molecule has 0 saturated heterocycles. The Morgan fingerprint density at radius 1 is 1.38 bits per heavy atom. The molecule has 0 aliphatic carbocycles. The van der Waals surface area contributed by atoms with Gasteiger partial charge in [0.05, 0.1) is 19.6 Å². The third-order valence-electron chi connectivity index (χ3n) is 4.81. The summed E-state index contributed by atoms with van der Waals surface area (Å²) in [6.45, 7) is 3.41. The number of nitrogens with one attached hydrogen (secondary N) is 2. The Morgan fingerprint density at radius 3 is 3.08 bits per heavy atom. The number of imidazole rings is 2. The van der Waals surface area contributed by atoms with E-state index in [1.165, 1.54) is 0 Å². The van der Waals surface area contributed by atoms with Crippen molar-refractivity contribution in [2.75, 3.05) is 13.7 Å². The van der Waals surface area contributed by atoms with Gasteiger partial charge in [0, 0.05) is 24.7 Å². The van der Waals surface area contributed by atoms with Crippen molar-refractivity contribution in [3.63, 3.8) is 0 Å². The van der Waals surface area contributed by atoms with E-state index in [1.807, 2.05) is 29.7 Å².